The quantitative estimate of drug-likeness (QED) is 0.283. The van der Waals surface area contributed by atoms with Gasteiger partial charge in [-0.2, -0.15) is 0 Å². The Hall–Kier alpha value is -3.60. The number of ether oxygens (including phenoxy) is 2. The van der Waals surface area contributed by atoms with Gasteiger partial charge in [-0.3, -0.25) is 4.79 Å². The lowest BCUT2D eigenvalue weighted by Crippen LogP contribution is -2.35. The standard InChI is InChI=1S/C30H26ClNO3/c31-25-17-18-28-27(21-25)30(23-11-4-1-5-12-23,24-13-6-2-7-14-24)35-22-29(33)32(28)19-10-20-34-26-15-8-3-9-16-26/h1-9,11-18,21H,10,19-20,22H2. The highest BCUT2D eigenvalue weighted by Crippen LogP contribution is 2.47. The number of nitrogens with zero attached hydrogens (tertiary/aromatic N) is 1. The molecule has 176 valence electrons. The summed E-state index contributed by atoms with van der Waals surface area (Å²) in [5.74, 6) is 0.722. The number of para-hydroxylation sites is 1. The summed E-state index contributed by atoms with van der Waals surface area (Å²) in [7, 11) is 0. The summed E-state index contributed by atoms with van der Waals surface area (Å²) < 4.78 is 12.4. The normalized spacial score (nSPS) is 14.8. The lowest BCUT2D eigenvalue weighted by molar-refractivity contribution is -0.126. The average molecular weight is 484 g/mol. The molecule has 0 radical (unpaired) electrons. The van der Waals surface area contributed by atoms with Gasteiger partial charge in [-0.25, -0.2) is 0 Å². The Morgan fingerprint density at radius 1 is 0.829 bits per heavy atom. The zero-order valence-electron chi connectivity index (χ0n) is 19.3. The van der Waals surface area contributed by atoms with Crippen LogP contribution in [-0.2, 0) is 15.1 Å². The minimum atomic E-state index is -0.978. The van der Waals surface area contributed by atoms with Crippen LogP contribution in [0, 0.1) is 0 Å². The third kappa shape index (κ3) is 4.68. The van der Waals surface area contributed by atoms with E-state index >= 15 is 0 Å². The fourth-order valence-electron chi connectivity index (χ4n) is 4.65. The SMILES string of the molecule is O=C1COC(c2ccccc2)(c2ccccc2)c2cc(Cl)ccc2N1CCCOc1ccccc1. The molecule has 5 heteroatoms. The van der Waals surface area contributed by atoms with Crippen molar-refractivity contribution in [3.05, 3.63) is 131 Å². The molecule has 0 aliphatic carbocycles. The number of rotatable bonds is 7. The molecule has 1 amide bonds. The van der Waals surface area contributed by atoms with Gasteiger partial charge in [0.1, 0.15) is 18.0 Å². The molecule has 1 aliphatic heterocycles. The van der Waals surface area contributed by atoms with E-state index in [1.54, 1.807) is 4.90 Å². The molecule has 0 aromatic heterocycles. The van der Waals surface area contributed by atoms with Crippen LogP contribution in [0.4, 0.5) is 5.69 Å². The molecule has 0 fully saturated rings. The summed E-state index contributed by atoms with van der Waals surface area (Å²) in [5, 5.41) is 0.588. The van der Waals surface area contributed by atoms with Gasteiger partial charge in [-0.1, -0.05) is 90.5 Å². The summed E-state index contributed by atoms with van der Waals surface area (Å²) in [6, 6.07) is 35.4. The molecule has 0 saturated carbocycles. The molecule has 4 aromatic rings. The molecule has 0 bridgehead atoms. The minimum Gasteiger partial charge on any atom is -0.494 e. The second-order valence-corrected chi connectivity index (χ2v) is 8.86. The van der Waals surface area contributed by atoms with E-state index in [9.17, 15) is 4.79 Å². The van der Waals surface area contributed by atoms with E-state index in [4.69, 9.17) is 21.1 Å². The van der Waals surface area contributed by atoms with Gasteiger partial charge in [0.25, 0.3) is 5.91 Å². The van der Waals surface area contributed by atoms with Crippen molar-refractivity contribution < 1.29 is 14.3 Å². The maximum atomic E-state index is 13.4. The number of hydrogen-bond donors (Lipinski definition) is 0. The van der Waals surface area contributed by atoms with Crippen LogP contribution in [0.2, 0.25) is 5.02 Å². The average Bonchev–Trinajstić information content (AvgIpc) is 3.03. The van der Waals surface area contributed by atoms with Gasteiger partial charge < -0.3 is 14.4 Å². The second kappa shape index (κ2) is 10.3. The predicted molar refractivity (Wildman–Crippen MR) is 139 cm³/mol. The van der Waals surface area contributed by atoms with Crippen molar-refractivity contribution in [2.45, 2.75) is 12.0 Å². The van der Waals surface area contributed by atoms with Crippen molar-refractivity contribution >= 4 is 23.2 Å². The Morgan fingerprint density at radius 2 is 1.43 bits per heavy atom. The van der Waals surface area contributed by atoms with E-state index in [1.807, 2.05) is 109 Å². The first kappa shape index (κ1) is 23.2. The van der Waals surface area contributed by atoms with Crippen LogP contribution in [-0.4, -0.2) is 25.7 Å². The van der Waals surface area contributed by atoms with Gasteiger partial charge in [-0.05, 0) is 47.9 Å². The molecule has 0 atom stereocenters. The first-order chi connectivity index (χ1) is 17.2. The van der Waals surface area contributed by atoms with Crippen molar-refractivity contribution in [3.8, 4) is 5.75 Å². The maximum Gasteiger partial charge on any atom is 0.253 e. The van der Waals surface area contributed by atoms with Crippen LogP contribution in [0.25, 0.3) is 0 Å². The Bertz CT molecular complexity index is 1240. The number of amides is 1. The van der Waals surface area contributed by atoms with Crippen molar-refractivity contribution in [1.82, 2.24) is 0 Å². The monoisotopic (exact) mass is 483 g/mol. The zero-order valence-corrected chi connectivity index (χ0v) is 20.0. The van der Waals surface area contributed by atoms with Crippen LogP contribution in [0.3, 0.4) is 0 Å². The Morgan fingerprint density at radius 3 is 2.06 bits per heavy atom. The molecule has 35 heavy (non-hydrogen) atoms. The van der Waals surface area contributed by atoms with E-state index in [1.165, 1.54) is 0 Å². The van der Waals surface area contributed by atoms with E-state index in [0.717, 1.165) is 28.1 Å². The maximum absolute atomic E-state index is 13.4. The summed E-state index contributed by atoms with van der Waals surface area (Å²) in [6.07, 6.45) is 0.673. The number of carbonyl (C=O) groups is 1. The summed E-state index contributed by atoms with van der Waals surface area (Å²) in [4.78, 5) is 15.2. The molecule has 0 spiro atoms. The first-order valence-electron chi connectivity index (χ1n) is 11.7. The Balaban J connectivity index is 1.55. The van der Waals surface area contributed by atoms with Crippen LogP contribution < -0.4 is 9.64 Å². The fourth-order valence-corrected chi connectivity index (χ4v) is 4.82. The molecular formula is C30H26ClNO3. The molecule has 4 nitrogen and oxygen atoms in total. The van der Waals surface area contributed by atoms with Crippen molar-refractivity contribution in [2.75, 3.05) is 24.7 Å². The van der Waals surface area contributed by atoms with Crippen molar-refractivity contribution in [3.63, 3.8) is 0 Å². The second-order valence-electron chi connectivity index (χ2n) is 8.42. The van der Waals surface area contributed by atoms with E-state index in [-0.39, 0.29) is 12.5 Å². The van der Waals surface area contributed by atoms with Gasteiger partial charge in [0.2, 0.25) is 0 Å². The van der Waals surface area contributed by atoms with Crippen molar-refractivity contribution in [1.29, 1.82) is 0 Å². The molecular weight excluding hydrogens is 458 g/mol. The number of hydrogen-bond acceptors (Lipinski definition) is 3. The summed E-state index contributed by atoms with van der Waals surface area (Å²) in [5.41, 5.74) is 2.54. The number of anilines is 1. The van der Waals surface area contributed by atoms with Crippen molar-refractivity contribution in [2.24, 2.45) is 0 Å². The van der Waals surface area contributed by atoms with Gasteiger partial charge in [-0.15, -0.1) is 0 Å². The fraction of sp³-hybridized carbons (Fsp3) is 0.167. The van der Waals surface area contributed by atoms with E-state index in [0.29, 0.717) is 24.6 Å². The highest BCUT2D eigenvalue weighted by atomic mass is 35.5. The Labute approximate surface area is 210 Å². The molecule has 1 aliphatic rings. The number of benzene rings is 4. The van der Waals surface area contributed by atoms with Gasteiger partial charge in [0.05, 0.1) is 12.3 Å². The molecule has 0 saturated heterocycles. The third-order valence-electron chi connectivity index (χ3n) is 6.24. The summed E-state index contributed by atoms with van der Waals surface area (Å²) in [6.45, 7) is 0.943. The Kier molecular flexibility index (Phi) is 6.84. The molecule has 4 aromatic carbocycles. The minimum absolute atomic E-state index is 0.0599. The number of halogens is 1. The van der Waals surface area contributed by atoms with E-state index in [2.05, 4.69) is 0 Å². The topological polar surface area (TPSA) is 38.8 Å². The predicted octanol–water partition coefficient (Wildman–Crippen LogP) is 6.46. The molecule has 5 rings (SSSR count). The van der Waals surface area contributed by atoms with Gasteiger partial charge >= 0.3 is 0 Å². The van der Waals surface area contributed by atoms with Crippen LogP contribution in [0.5, 0.6) is 5.75 Å². The first-order valence-corrected chi connectivity index (χ1v) is 12.1. The number of fused-ring (bicyclic) bond motifs is 1. The highest BCUT2D eigenvalue weighted by molar-refractivity contribution is 6.30. The summed E-state index contributed by atoms with van der Waals surface area (Å²) >= 11 is 6.53. The van der Waals surface area contributed by atoms with Crippen LogP contribution in [0.15, 0.2) is 109 Å². The smallest absolute Gasteiger partial charge is 0.253 e. The largest absolute Gasteiger partial charge is 0.494 e. The lowest BCUT2D eigenvalue weighted by atomic mass is 9.79. The van der Waals surface area contributed by atoms with Crippen LogP contribution >= 0.6 is 11.6 Å². The lowest BCUT2D eigenvalue weighted by Gasteiger charge is -2.35. The molecule has 0 N–H and O–H groups in total. The zero-order chi connectivity index (χ0) is 24.1. The molecule has 0 unspecified atom stereocenters. The van der Waals surface area contributed by atoms with Gasteiger partial charge in [0, 0.05) is 17.1 Å². The highest BCUT2D eigenvalue weighted by Gasteiger charge is 2.43. The van der Waals surface area contributed by atoms with Crippen LogP contribution in [0.1, 0.15) is 23.1 Å². The number of carbonyl (C=O) groups excluding carboxylic acids is 1. The molecule has 1 heterocycles. The van der Waals surface area contributed by atoms with Gasteiger partial charge in [0.15, 0.2) is 0 Å². The van der Waals surface area contributed by atoms with E-state index < -0.39 is 5.60 Å². The third-order valence-corrected chi connectivity index (χ3v) is 6.48.